The highest BCUT2D eigenvalue weighted by atomic mass is 16.1. The molecule has 0 saturated carbocycles. The van der Waals surface area contributed by atoms with Crippen LogP contribution in [0.15, 0.2) is 48.8 Å². The molecule has 1 aliphatic rings. The molecule has 1 aromatic carbocycles. The molecule has 25 heavy (non-hydrogen) atoms. The second kappa shape index (κ2) is 9.18. The summed E-state index contributed by atoms with van der Waals surface area (Å²) in [6, 6.07) is 11.9. The van der Waals surface area contributed by atoms with Gasteiger partial charge in [0.05, 0.1) is 5.69 Å². The Labute approximate surface area is 149 Å². The van der Waals surface area contributed by atoms with Gasteiger partial charge in [-0.1, -0.05) is 12.1 Å². The van der Waals surface area contributed by atoms with E-state index in [0.717, 1.165) is 49.6 Å². The zero-order valence-electron chi connectivity index (χ0n) is 14.5. The molecule has 3 rings (SSSR count). The summed E-state index contributed by atoms with van der Waals surface area (Å²) in [5, 5.41) is 9.65. The highest BCUT2D eigenvalue weighted by Gasteiger charge is 2.15. The van der Waals surface area contributed by atoms with Gasteiger partial charge in [-0.25, -0.2) is 0 Å². The Morgan fingerprint density at radius 1 is 1.20 bits per heavy atom. The van der Waals surface area contributed by atoms with E-state index in [1.807, 2.05) is 24.3 Å². The third-order valence-corrected chi connectivity index (χ3v) is 4.53. The fourth-order valence-electron chi connectivity index (χ4n) is 3.11. The van der Waals surface area contributed by atoms with Crippen LogP contribution in [0, 0.1) is 5.92 Å². The first kappa shape index (κ1) is 17.4. The van der Waals surface area contributed by atoms with Crippen molar-refractivity contribution in [1.82, 2.24) is 15.6 Å². The van der Waals surface area contributed by atoms with Gasteiger partial charge in [0.15, 0.2) is 0 Å². The predicted octanol–water partition coefficient (Wildman–Crippen LogP) is 2.47. The van der Waals surface area contributed by atoms with Gasteiger partial charge >= 0.3 is 0 Å². The third-order valence-electron chi connectivity index (χ3n) is 4.53. The van der Waals surface area contributed by atoms with E-state index in [1.54, 1.807) is 12.4 Å². The number of benzene rings is 1. The van der Waals surface area contributed by atoms with Crippen LogP contribution in [0.2, 0.25) is 0 Å². The molecule has 0 radical (unpaired) electrons. The number of anilines is 1. The topological polar surface area (TPSA) is 66.0 Å². The van der Waals surface area contributed by atoms with Crippen LogP contribution in [0.25, 0.3) is 0 Å². The third kappa shape index (κ3) is 5.57. The summed E-state index contributed by atoms with van der Waals surface area (Å²) >= 11 is 0. The number of hydrogen-bond donors (Lipinski definition) is 3. The maximum Gasteiger partial charge on any atom is 0.251 e. The Morgan fingerprint density at radius 3 is 2.80 bits per heavy atom. The number of aromatic nitrogens is 1. The van der Waals surface area contributed by atoms with Crippen LogP contribution in [-0.2, 0) is 6.42 Å². The number of nitrogens with zero attached hydrogens (tertiary/aromatic N) is 1. The van der Waals surface area contributed by atoms with Crippen molar-refractivity contribution < 1.29 is 4.79 Å². The minimum absolute atomic E-state index is 0.00420. The summed E-state index contributed by atoms with van der Waals surface area (Å²) in [5.74, 6) is 0.724. The lowest BCUT2D eigenvalue weighted by Gasteiger charge is -2.10. The molecule has 1 atom stereocenters. The maximum absolute atomic E-state index is 12.2. The van der Waals surface area contributed by atoms with Gasteiger partial charge in [-0.2, -0.15) is 0 Å². The van der Waals surface area contributed by atoms with E-state index >= 15 is 0 Å². The number of carbonyl (C=O) groups is 1. The van der Waals surface area contributed by atoms with E-state index in [1.165, 1.54) is 12.0 Å². The van der Waals surface area contributed by atoms with Crippen LogP contribution in [0.4, 0.5) is 5.69 Å². The van der Waals surface area contributed by atoms with Crippen LogP contribution in [0.5, 0.6) is 0 Å². The molecule has 132 valence electrons. The van der Waals surface area contributed by atoms with Crippen molar-refractivity contribution in [3.63, 3.8) is 0 Å². The lowest BCUT2D eigenvalue weighted by atomic mass is 9.98. The maximum atomic E-state index is 12.2. The van der Waals surface area contributed by atoms with E-state index in [2.05, 4.69) is 33.1 Å². The molecule has 1 unspecified atom stereocenters. The summed E-state index contributed by atoms with van der Waals surface area (Å²) in [7, 11) is 0. The van der Waals surface area contributed by atoms with E-state index in [-0.39, 0.29) is 5.91 Å². The van der Waals surface area contributed by atoms with Gasteiger partial charge in [-0.05, 0) is 68.1 Å². The van der Waals surface area contributed by atoms with Gasteiger partial charge in [-0.3, -0.25) is 9.78 Å². The molecule has 0 bridgehead atoms. The molecule has 0 aliphatic carbocycles. The van der Waals surface area contributed by atoms with Crippen LogP contribution < -0.4 is 16.0 Å². The van der Waals surface area contributed by atoms with Crippen LogP contribution in [0.3, 0.4) is 0 Å². The lowest BCUT2D eigenvalue weighted by Crippen LogP contribution is -2.25. The molecular formula is C20H26N4O. The average Bonchev–Trinajstić information content (AvgIpc) is 3.16. The molecule has 2 heterocycles. The Balaban J connectivity index is 1.36. The number of amides is 1. The largest absolute Gasteiger partial charge is 0.384 e. The zero-order chi connectivity index (χ0) is 17.3. The van der Waals surface area contributed by atoms with Crippen molar-refractivity contribution in [2.75, 3.05) is 31.5 Å². The normalized spacial score (nSPS) is 16.6. The summed E-state index contributed by atoms with van der Waals surface area (Å²) < 4.78 is 0. The molecule has 1 amide bonds. The predicted molar refractivity (Wildman–Crippen MR) is 101 cm³/mol. The smallest absolute Gasteiger partial charge is 0.251 e. The SMILES string of the molecule is O=C(NCCCNc1cccnc1)c1ccc(CC2CCNC2)cc1. The lowest BCUT2D eigenvalue weighted by molar-refractivity contribution is 0.0953. The molecule has 1 aliphatic heterocycles. The van der Waals surface area contributed by atoms with Crippen molar-refractivity contribution in [2.45, 2.75) is 19.3 Å². The molecular weight excluding hydrogens is 312 g/mol. The Kier molecular flexibility index (Phi) is 6.40. The van der Waals surface area contributed by atoms with Crippen molar-refractivity contribution in [1.29, 1.82) is 0 Å². The first-order valence-electron chi connectivity index (χ1n) is 9.03. The highest BCUT2D eigenvalue weighted by molar-refractivity contribution is 5.94. The number of carbonyl (C=O) groups excluding carboxylic acids is 1. The molecule has 1 fully saturated rings. The van der Waals surface area contributed by atoms with Crippen LogP contribution in [0.1, 0.15) is 28.8 Å². The first-order valence-corrected chi connectivity index (χ1v) is 9.03. The summed E-state index contributed by atoms with van der Waals surface area (Å²) in [4.78, 5) is 16.2. The molecule has 5 nitrogen and oxygen atoms in total. The van der Waals surface area contributed by atoms with Gasteiger partial charge in [0.25, 0.3) is 5.91 Å². The van der Waals surface area contributed by atoms with Gasteiger partial charge < -0.3 is 16.0 Å². The zero-order valence-corrected chi connectivity index (χ0v) is 14.5. The highest BCUT2D eigenvalue weighted by Crippen LogP contribution is 2.15. The average molecular weight is 338 g/mol. The summed E-state index contributed by atoms with van der Waals surface area (Å²) in [5.41, 5.74) is 3.04. The number of rotatable bonds is 8. The molecule has 2 aromatic rings. The Morgan fingerprint density at radius 2 is 2.08 bits per heavy atom. The van der Waals surface area contributed by atoms with E-state index in [4.69, 9.17) is 0 Å². The quantitative estimate of drug-likeness (QED) is 0.647. The fourth-order valence-corrected chi connectivity index (χ4v) is 3.11. The van der Waals surface area contributed by atoms with E-state index in [9.17, 15) is 4.79 Å². The van der Waals surface area contributed by atoms with Gasteiger partial charge in [0, 0.05) is 31.0 Å². The molecule has 1 saturated heterocycles. The van der Waals surface area contributed by atoms with Crippen molar-refractivity contribution in [3.05, 3.63) is 59.9 Å². The van der Waals surface area contributed by atoms with Crippen LogP contribution >= 0.6 is 0 Å². The standard InChI is InChI=1S/C20H26N4O/c25-20(24-11-2-10-23-19-3-1-9-21-15-19)18-6-4-16(5-7-18)13-17-8-12-22-14-17/h1,3-7,9,15,17,22-23H,2,8,10-14H2,(H,24,25). The van der Waals surface area contributed by atoms with Gasteiger partial charge in [-0.15, -0.1) is 0 Å². The molecule has 3 N–H and O–H groups in total. The molecule has 5 heteroatoms. The van der Waals surface area contributed by atoms with Crippen molar-refractivity contribution in [3.8, 4) is 0 Å². The van der Waals surface area contributed by atoms with Gasteiger partial charge in [0.2, 0.25) is 0 Å². The van der Waals surface area contributed by atoms with Crippen molar-refractivity contribution in [2.24, 2.45) is 5.92 Å². The monoisotopic (exact) mass is 338 g/mol. The van der Waals surface area contributed by atoms with Crippen LogP contribution in [-0.4, -0.2) is 37.1 Å². The Hall–Kier alpha value is -2.40. The minimum Gasteiger partial charge on any atom is -0.384 e. The number of nitrogens with one attached hydrogen (secondary N) is 3. The number of hydrogen-bond acceptors (Lipinski definition) is 4. The summed E-state index contributed by atoms with van der Waals surface area (Å²) in [6.07, 6.45) is 6.75. The minimum atomic E-state index is -0.00420. The second-order valence-electron chi connectivity index (χ2n) is 6.54. The van der Waals surface area contributed by atoms with Gasteiger partial charge in [0.1, 0.15) is 0 Å². The second-order valence-corrected chi connectivity index (χ2v) is 6.54. The fraction of sp³-hybridized carbons (Fsp3) is 0.400. The van der Waals surface area contributed by atoms with E-state index < -0.39 is 0 Å². The summed E-state index contributed by atoms with van der Waals surface area (Å²) in [6.45, 7) is 3.69. The molecule has 1 aromatic heterocycles. The first-order chi connectivity index (χ1) is 12.3. The number of pyridine rings is 1. The molecule has 0 spiro atoms. The Bertz CT molecular complexity index is 651. The van der Waals surface area contributed by atoms with E-state index in [0.29, 0.717) is 6.54 Å². The van der Waals surface area contributed by atoms with Crippen molar-refractivity contribution >= 4 is 11.6 Å².